The van der Waals surface area contributed by atoms with E-state index in [0.29, 0.717) is 21.1 Å². The molecule has 0 unspecified atom stereocenters. The van der Waals surface area contributed by atoms with Crippen LogP contribution in [0.2, 0.25) is 0 Å². The number of benzene rings is 1. The van der Waals surface area contributed by atoms with Gasteiger partial charge >= 0.3 is 0 Å². The number of halogens is 1. The lowest BCUT2D eigenvalue weighted by Gasteiger charge is -2.12. The maximum absolute atomic E-state index is 11.8. The van der Waals surface area contributed by atoms with Gasteiger partial charge in [-0.2, -0.15) is 0 Å². The molecule has 14 heavy (non-hydrogen) atoms. The minimum atomic E-state index is -0.0631. The van der Waals surface area contributed by atoms with E-state index in [1.54, 1.807) is 24.3 Å². The molecule has 0 aliphatic heterocycles. The smallest absolute Gasteiger partial charge is 0.190 e. The van der Waals surface area contributed by atoms with E-state index in [4.69, 9.17) is 0 Å². The van der Waals surface area contributed by atoms with Crippen molar-refractivity contribution in [2.45, 2.75) is 0 Å². The van der Waals surface area contributed by atoms with E-state index < -0.39 is 0 Å². The van der Waals surface area contributed by atoms with Crippen LogP contribution in [0.5, 0.6) is 0 Å². The highest BCUT2D eigenvalue weighted by molar-refractivity contribution is 14.1. The van der Waals surface area contributed by atoms with Gasteiger partial charge < -0.3 is 0 Å². The van der Waals surface area contributed by atoms with Crippen LogP contribution < -0.4 is 0 Å². The molecule has 3 heteroatoms. The fraction of sp³-hybridized carbons (Fsp3) is 0.0909. The van der Waals surface area contributed by atoms with Crippen LogP contribution in [0.25, 0.3) is 0 Å². The average molecular weight is 298 g/mol. The molecular formula is C11H7IO2. The lowest BCUT2D eigenvalue weighted by atomic mass is 9.90. The molecule has 0 heterocycles. The van der Waals surface area contributed by atoms with Gasteiger partial charge in [-0.25, -0.2) is 0 Å². The van der Waals surface area contributed by atoms with Crippen molar-refractivity contribution >= 4 is 34.2 Å². The topological polar surface area (TPSA) is 34.1 Å². The van der Waals surface area contributed by atoms with Crippen LogP contribution in [0.1, 0.15) is 20.7 Å². The fourth-order valence-electron chi connectivity index (χ4n) is 1.47. The van der Waals surface area contributed by atoms with E-state index in [1.807, 2.05) is 0 Å². The predicted octanol–water partition coefficient (Wildman–Crippen LogP) is 2.43. The highest BCUT2D eigenvalue weighted by atomic mass is 127. The molecule has 2 rings (SSSR count). The Morgan fingerprint density at radius 2 is 1.71 bits per heavy atom. The molecule has 2 nitrogen and oxygen atoms in total. The van der Waals surface area contributed by atoms with Crippen molar-refractivity contribution in [3.8, 4) is 0 Å². The van der Waals surface area contributed by atoms with E-state index in [-0.39, 0.29) is 11.6 Å². The van der Waals surface area contributed by atoms with Crippen LogP contribution in [0, 0.1) is 0 Å². The molecule has 0 saturated heterocycles. The number of fused-ring (bicyclic) bond motifs is 1. The molecule has 1 aromatic rings. The standard InChI is InChI=1S/C11H7IO2/c12-6-7-5-10(13)8-3-1-2-4-9(8)11(7)14/h1-5H,6H2. The van der Waals surface area contributed by atoms with Gasteiger partial charge in [-0.1, -0.05) is 46.9 Å². The Bertz CT molecular complexity index is 446. The van der Waals surface area contributed by atoms with Crippen molar-refractivity contribution in [1.29, 1.82) is 0 Å². The first kappa shape index (κ1) is 9.58. The minimum Gasteiger partial charge on any atom is -0.289 e. The Morgan fingerprint density at radius 1 is 1.07 bits per heavy atom. The third kappa shape index (κ3) is 1.41. The first-order chi connectivity index (χ1) is 6.74. The number of allylic oxidation sites excluding steroid dienone is 2. The van der Waals surface area contributed by atoms with Crippen LogP contribution in [-0.4, -0.2) is 16.0 Å². The van der Waals surface area contributed by atoms with E-state index in [9.17, 15) is 9.59 Å². The molecule has 0 aromatic heterocycles. The summed E-state index contributed by atoms with van der Waals surface area (Å²) < 4.78 is 0.580. The van der Waals surface area contributed by atoms with Crippen LogP contribution in [-0.2, 0) is 0 Å². The summed E-state index contributed by atoms with van der Waals surface area (Å²) in [6, 6.07) is 6.94. The largest absolute Gasteiger partial charge is 0.289 e. The summed E-state index contributed by atoms with van der Waals surface area (Å²) in [5.41, 5.74) is 1.65. The van der Waals surface area contributed by atoms with E-state index in [1.165, 1.54) is 6.08 Å². The Kier molecular flexibility index (Phi) is 2.50. The second-order valence-electron chi connectivity index (χ2n) is 3.04. The van der Waals surface area contributed by atoms with Crippen LogP contribution in [0.15, 0.2) is 35.9 Å². The number of Topliss-reactive ketones (excluding diaryl/α,β-unsaturated/α-hetero) is 1. The first-order valence-electron chi connectivity index (χ1n) is 4.18. The normalized spacial score (nSPS) is 15.1. The van der Waals surface area contributed by atoms with Gasteiger partial charge in [0.05, 0.1) is 0 Å². The zero-order chi connectivity index (χ0) is 10.1. The van der Waals surface area contributed by atoms with Crippen LogP contribution >= 0.6 is 22.6 Å². The Labute approximate surface area is 95.1 Å². The molecule has 0 atom stereocenters. The molecule has 0 N–H and O–H groups in total. The molecular weight excluding hydrogens is 291 g/mol. The SMILES string of the molecule is O=C1C=C(CI)C(=O)c2ccccc21. The molecule has 0 saturated carbocycles. The molecule has 0 amide bonds. The summed E-state index contributed by atoms with van der Waals surface area (Å²) in [5, 5.41) is 0. The van der Waals surface area contributed by atoms with Crippen molar-refractivity contribution in [2.24, 2.45) is 0 Å². The van der Waals surface area contributed by atoms with Crippen molar-refractivity contribution in [3.63, 3.8) is 0 Å². The number of alkyl halides is 1. The van der Waals surface area contributed by atoms with Crippen molar-refractivity contribution < 1.29 is 9.59 Å². The Balaban J connectivity index is 2.61. The Morgan fingerprint density at radius 3 is 2.36 bits per heavy atom. The third-order valence-electron chi connectivity index (χ3n) is 2.18. The first-order valence-corrected chi connectivity index (χ1v) is 5.71. The molecule has 0 radical (unpaired) electrons. The molecule has 0 fully saturated rings. The quantitative estimate of drug-likeness (QED) is 0.589. The number of carbonyl (C=O) groups is 2. The lowest BCUT2D eigenvalue weighted by molar-refractivity contribution is 0.0985. The van der Waals surface area contributed by atoms with Gasteiger partial charge in [0, 0.05) is 21.1 Å². The molecule has 1 aromatic carbocycles. The summed E-state index contributed by atoms with van der Waals surface area (Å²) >= 11 is 2.09. The Hall–Kier alpha value is -0.970. The molecule has 70 valence electrons. The highest BCUT2D eigenvalue weighted by Gasteiger charge is 2.23. The van der Waals surface area contributed by atoms with Gasteiger partial charge in [0.25, 0.3) is 0 Å². The fourth-order valence-corrected chi connectivity index (χ4v) is 2.04. The monoisotopic (exact) mass is 298 g/mol. The third-order valence-corrected chi connectivity index (χ3v) is 3.00. The van der Waals surface area contributed by atoms with Gasteiger partial charge in [-0.3, -0.25) is 9.59 Å². The maximum Gasteiger partial charge on any atom is 0.190 e. The van der Waals surface area contributed by atoms with E-state index in [2.05, 4.69) is 22.6 Å². The number of hydrogen-bond acceptors (Lipinski definition) is 2. The summed E-state index contributed by atoms with van der Waals surface area (Å²) in [7, 11) is 0. The second-order valence-corrected chi connectivity index (χ2v) is 3.80. The molecule has 1 aliphatic rings. The zero-order valence-corrected chi connectivity index (χ0v) is 9.45. The second kappa shape index (κ2) is 3.65. The van der Waals surface area contributed by atoms with Gasteiger partial charge in [-0.15, -0.1) is 0 Å². The number of ketones is 2. The number of hydrogen-bond donors (Lipinski definition) is 0. The molecule has 0 bridgehead atoms. The van der Waals surface area contributed by atoms with Crippen LogP contribution in [0.3, 0.4) is 0 Å². The predicted molar refractivity (Wildman–Crippen MR) is 62.1 cm³/mol. The van der Waals surface area contributed by atoms with Crippen molar-refractivity contribution in [1.82, 2.24) is 0 Å². The summed E-state index contributed by atoms with van der Waals surface area (Å²) in [6.07, 6.45) is 1.44. The van der Waals surface area contributed by atoms with E-state index >= 15 is 0 Å². The average Bonchev–Trinajstić information content (AvgIpc) is 2.23. The van der Waals surface area contributed by atoms with Gasteiger partial charge in [-0.05, 0) is 6.08 Å². The van der Waals surface area contributed by atoms with E-state index in [0.717, 1.165) is 0 Å². The summed E-state index contributed by atoms with van der Waals surface area (Å²) in [5.74, 6) is -0.0820. The molecule has 0 spiro atoms. The number of carbonyl (C=O) groups excluding carboxylic acids is 2. The summed E-state index contributed by atoms with van der Waals surface area (Å²) in [6.45, 7) is 0. The van der Waals surface area contributed by atoms with Crippen molar-refractivity contribution in [2.75, 3.05) is 4.43 Å². The van der Waals surface area contributed by atoms with Gasteiger partial charge in [0.2, 0.25) is 0 Å². The summed E-state index contributed by atoms with van der Waals surface area (Å²) in [4.78, 5) is 23.3. The molecule has 1 aliphatic carbocycles. The maximum atomic E-state index is 11.8. The highest BCUT2D eigenvalue weighted by Crippen LogP contribution is 2.21. The minimum absolute atomic E-state index is 0.0189. The lowest BCUT2D eigenvalue weighted by Crippen LogP contribution is -2.17. The number of rotatable bonds is 1. The van der Waals surface area contributed by atoms with Gasteiger partial charge in [0.15, 0.2) is 11.6 Å². The zero-order valence-electron chi connectivity index (χ0n) is 7.29. The van der Waals surface area contributed by atoms with Crippen molar-refractivity contribution in [3.05, 3.63) is 47.0 Å². The van der Waals surface area contributed by atoms with Gasteiger partial charge in [0.1, 0.15) is 0 Å². The van der Waals surface area contributed by atoms with Crippen LogP contribution in [0.4, 0.5) is 0 Å².